The Kier molecular flexibility index (Phi) is 7.05. The number of carbonyl (C=O) groups excluding carboxylic acids is 2. The highest BCUT2D eigenvalue weighted by Crippen LogP contribution is 2.28. The average Bonchev–Trinajstić information content (AvgIpc) is 3.11. The molecule has 1 N–H and O–H groups in total. The number of aryl methyl sites for hydroxylation is 1. The van der Waals surface area contributed by atoms with Gasteiger partial charge in [0.1, 0.15) is 0 Å². The Bertz CT molecular complexity index is 1040. The number of nitrogens with zero attached hydrogens (tertiary/aromatic N) is 3. The molecule has 0 saturated carbocycles. The summed E-state index contributed by atoms with van der Waals surface area (Å²) in [4.78, 5) is 24.1. The minimum atomic E-state index is -0.359. The third-order valence-electron chi connectivity index (χ3n) is 4.65. The number of rotatable bonds is 8. The minimum absolute atomic E-state index is 0.00326. The molecular weight excluding hydrogens is 396 g/mol. The first-order valence-electron chi connectivity index (χ1n) is 9.97. The molecule has 0 fully saturated rings. The zero-order valence-electron chi connectivity index (χ0n) is 17.7. The number of hydrogen-bond acceptors (Lipinski definition) is 5. The Morgan fingerprint density at radius 3 is 2.50 bits per heavy atom. The summed E-state index contributed by atoms with van der Waals surface area (Å²) < 4.78 is 2.07. The molecule has 3 aromatic rings. The molecular formula is C23H26N4O2S. The summed E-state index contributed by atoms with van der Waals surface area (Å²) in [5.41, 5.74) is 3.46. The Balaban J connectivity index is 1.74. The molecule has 0 aliphatic rings. The summed E-state index contributed by atoms with van der Waals surface area (Å²) in [6, 6.07) is 15.1. The van der Waals surface area contributed by atoms with E-state index in [2.05, 4.69) is 46.1 Å². The van der Waals surface area contributed by atoms with Crippen LogP contribution in [-0.2, 0) is 11.3 Å². The molecule has 30 heavy (non-hydrogen) atoms. The van der Waals surface area contributed by atoms with Gasteiger partial charge in [0.15, 0.2) is 16.8 Å². The molecule has 1 amide bonds. The first kappa shape index (κ1) is 21.8. The Morgan fingerprint density at radius 2 is 1.87 bits per heavy atom. The molecule has 1 atom stereocenters. The van der Waals surface area contributed by atoms with E-state index >= 15 is 0 Å². The van der Waals surface area contributed by atoms with Crippen molar-refractivity contribution in [2.75, 3.05) is 5.32 Å². The predicted molar refractivity (Wildman–Crippen MR) is 121 cm³/mol. The SMILES string of the molecule is CCCn1c(S[C@@H](C)C(=O)Nc2ccc(C(C)=O)cc2)nnc1-c1cccc(C)c1. The van der Waals surface area contributed by atoms with Crippen molar-refractivity contribution < 1.29 is 9.59 Å². The standard InChI is InChI=1S/C23H26N4O2S/c1-5-13-27-21(19-8-6-7-15(2)14-19)25-26-23(27)30-17(4)22(29)24-20-11-9-18(10-12-20)16(3)28/h6-12,14,17H,5,13H2,1-4H3,(H,24,29)/t17-/m0/s1. The van der Waals surface area contributed by atoms with Gasteiger partial charge in [-0.2, -0.15) is 0 Å². The fourth-order valence-corrected chi connectivity index (χ4v) is 3.92. The van der Waals surface area contributed by atoms with Crippen molar-refractivity contribution >= 4 is 29.1 Å². The van der Waals surface area contributed by atoms with Crippen LogP contribution in [0, 0.1) is 6.92 Å². The van der Waals surface area contributed by atoms with Crippen molar-refractivity contribution in [1.29, 1.82) is 0 Å². The zero-order chi connectivity index (χ0) is 21.7. The molecule has 0 bridgehead atoms. The van der Waals surface area contributed by atoms with Gasteiger partial charge < -0.3 is 9.88 Å². The van der Waals surface area contributed by atoms with E-state index in [0.29, 0.717) is 11.3 Å². The van der Waals surface area contributed by atoms with Crippen LogP contribution < -0.4 is 5.32 Å². The number of ketones is 1. The van der Waals surface area contributed by atoms with Gasteiger partial charge in [0.25, 0.3) is 0 Å². The number of carbonyl (C=O) groups is 2. The minimum Gasteiger partial charge on any atom is -0.325 e. The Morgan fingerprint density at radius 1 is 1.13 bits per heavy atom. The van der Waals surface area contributed by atoms with Gasteiger partial charge in [-0.3, -0.25) is 9.59 Å². The normalized spacial score (nSPS) is 11.9. The summed E-state index contributed by atoms with van der Waals surface area (Å²) in [6.45, 7) is 8.30. The molecule has 0 aliphatic carbocycles. The lowest BCUT2D eigenvalue weighted by Gasteiger charge is -2.13. The number of benzene rings is 2. The quantitative estimate of drug-likeness (QED) is 0.409. The second-order valence-corrected chi connectivity index (χ2v) is 8.52. The van der Waals surface area contributed by atoms with Gasteiger partial charge in [-0.1, -0.05) is 42.4 Å². The van der Waals surface area contributed by atoms with E-state index in [4.69, 9.17) is 0 Å². The summed E-state index contributed by atoms with van der Waals surface area (Å²) in [7, 11) is 0. The second kappa shape index (κ2) is 9.71. The van der Waals surface area contributed by atoms with E-state index in [1.807, 2.05) is 19.1 Å². The van der Waals surface area contributed by atoms with Crippen LogP contribution in [-0.4, -0.2) is 31.7 Å². The van der Waals surface area contributed by atoms with E-state index in [1.54, 1.807) is 24.3 Å². The van der Waals surface area contributed by atoms with Crippen LogP contribution in [0.25, 0.3) is 11.4 Å². The molecule has 156 valence electrons. The monoisotopic (exact) mass is 422 g/mol. The molecule has 0 unspecified atom stereocenters. The smallest absolute Gasteiger partial charge is 0.237 e. The van der Waals surface area contributed by atoms with Crippen LogP contribution in [0.2, 0.25) is 0 Å². The predicted octanol–water partition coefficient (Wildman–Crippen LogP) is 4.99. The van der Waals surface area contributed by atoms with Crippen LogP contribution in [0.15, 0.2) is 53.7 Å². The third-order valence-corrected chi connectivity index (χ3v) is 5.73. The zero-order valence-corrected chi connectivity index (χ0v) is 18.5. The molecule has 2 aromatic carbocycles. The summed E-state index contributed by atoms with van der Waals surface area (Å²) in [6.07, 6.45) is 0.938. The van der Waals surface area contributed by atoms with Crippen LogP contribution in [0.5, 0.6) is 0 Å². The first-order chi connectivity index (χ1) is 14.4. The highest BCUT2D eigenvalue weighted by Gasteiger charge is 2.21. The highest BCUT2D eigenvalue weighted by molar-refractivity contribution is 8.00. The van der Waals surface area contributed by atoms with Gasteiger partial charge in [-0.05, 0) is 57.5 Å². The number of amides is 1. The molecule has 3 rings (SSSR count). The summed E-state index contributed by atoms with van der Waals surface area (Å²) in [5.74, 6) is 0.686. The van der Waals surface area contributed by atoms with Crippen LogP contribution in [0.1, 0.15) is 43.1 Å². The number of anilines is 1. The summed E-state index contributed by atoms with van der Waals surface area (Å²) in [5, 5.41) is 12.0. The molecule has 0 aliphatic heterocycles. The molecule has 7 heteroatoms. The largest absolute Gasteiger partial charge is 0.325 e. The van der Waals surface area contributed by atoms with E-state index < -0.39 is 0 Å². The maximum atomic E-state index is 12.7. The third kappa shape index (κ3) is 5.16. The maximum absolute atomic E-state index is 12.7. The molecule has 0 radical (unpaired) electrons. The van der Waals surface area contributed by atoms with Gasteiger partial charge in [0.05, 0.1) is 5.25 Å². The van der Waals surface area contributed by atoms with Gasteiger partial charge >= 0.3 is 0 Å². The fraction of sp³-hybridized carbons (Fsp3) is 0.304. The lowest BCUT2D eigenvalue weighted by Crippen LogP contribution is -2.23. The van der Waals surface area contributed by atoms with Crippen LogP contribution in [0.4, 0.5) is 5.69 Å². The number of hydrogen-bond donors (Lipinski definition) is 1. The number of Topliss-reactive ketones (excluding diaryl/α,β-unsaturated/α-hetero) is 1. The van der Waals surface area contributed by atoms with E-state index in [-0.39, 0.29) is 16.9 Å². The number of thioether (sulfide) groups is 1. The van der Waals surface area contributed by atoms with Crippen LogP contribution >= 0.6 is 11.8 Å². The number of aromatic nitrogens is 3. The van der Waals surface area contributed by atoms with Crippen LogP contribution in [0.3, 0.4) is 0 Å². The second-order valence-electron chi connectivity index (χ2n) is 7.21. The first-order valence-corrected chi connectivity index (χ1v) is 10.9. The van der Waals surface area contributed by atoms with Crippen molar-refractivity contribution in [1.82, 2.24) is 14.8 Å². The Labute approximate surface area is 181 Å². The van der Waals surface area contributed by atoms with Gasteiger partial charge in [0.2, 0.25) is 5.91 Å². The van der Waals surface area contributed by atoms with Crippen molar-refractivity contribution in [2.45, 2.75) is 51.1 Å². The Hall–Kier alpha value is -2.93. The number of nitrogens with one attached hydrogen (secondary N) is 1. The van der Waals surface area contributed by atoms with Gasteiger partial charge in [-0.25, -0.2) is 0 Å². The topological polar surface area (TPSA) is 76.9 Å². The van der Waals surface area contributed by atoms with Crippen molar-refractivity contribution in [3.05, 3.63) is 59.7 Å². The van der Waals surface area contributed by atoms with E-state index in [1.165, 1.54) is 18.7 Å². The summed E-state index contributed by atoms with van der Waals surface area (Å²) >= 11 is 1.39. The lowest BCUT2D eigenvalue weighted by molar-refractivity contribution is -0.115. The van der Waals surface area contributed by atoms with E-state index in [9.17, 15) is 9.59 Å². The van der Waals surface area contributed by atoms with Gasteiger partial charge in [0, 0.05) is 23.4 Å². The maximum Gasteiger partial charge on any atom is 0.237 e. The molecule has 1 heterocycles. The molecule has 0 spiro atoms. The van der Waals surface area contributed by atoms with Crippen molar-refractivity contribution in [3.63, 3.8) is 0 Å². The molecule has 6 nitrogen and oxygen atoms in total. The molecule has 0 saturated heterocycles. The van der Waals surface area contributed by atoms with E-state index in [0.717, 1.165) is 35.1 Å². The van der Waals surface area contributed by atoms with Crippen molar-refractivity contribution in [3.8, 4) is 11.4 Å². The fourth-order valence-electron chi connectivity index (χ4n) is 3.04. The van der Waals surface area contributed by atoms with Gasteiger partial charge in [-0.15, -0.1) is 10.2 Å². The average molecular weight is 423 g/mol. The lowest BCUT2D eigenvalue weighted by atomic mass is 10.1. The highest BCUT2D eigenvalue weighted by atomic mass is 32.2. The molecule has 1 aromatic heterocycles. The van der Waals surface area contributed by atoms with Crippen molar-refractivity contribution in [2.24, 2.45) is 0 Å².